The van der Waals surface area contributed by atoms with Gasteiger partial charge < -0.3 is 9.80 Å². The van der Waals surface area contributed by atoms with Gasteiger partial charge in [0.15, 0.2) is 0 Å². The van der Waals surface area contributed by atoms with E-state index in [1.165, 1.54) is 12.8 Å². The summed E-state index contributed by atoms with van der Waals surface area (Å²) in [6.07, 6.45) is 4.14. The molecule has 0 bridgehead atoms. The molecule has 1 aromatic heterocycles. The molecule has 3 rings (SSSR count). The van der Waals surface area contributed by atoms with Gasteiger partial charge in [0, 0.05) is 44.9 Å². The lowest BCUT2D eigenvalue weighted by Crippen LogP contribution is -2.53. The van der Waals surface area contributed by atoms with Crippen LogP contribution in [-0.2, 0) is 4.79 Å². The Balaban J connectivity index is 1.64. The van der Waals surface area contributed by atoms with Crippen molar-refractivity contribution in [2.75, 3.05) is 32.1 Å². The number of aromatic nitrogens is 2. The molecule has 0 radical (unpaired) electrons. The van der Waals surface area contributed by atoms with Crippen LogP contribution in [0.25, 0.3) is 0 Å². The number of carbonyl (C=O) groups excluding carboxylic acids is 1. The summed E-state index contributed by atoms with van der Waals surface area (Å²) in [5.41, 5.74) is 1.15. The minimum Gasteiger partial charge on any atom is -0.355 e. The second-order valence-electron chi connectivity index (χ2n) is 5.41. The fourth-order valence-electron chi connectivity index (χ4n) is 2.32. The van der Waals surface area contributed by atoms with Gasteiger partial charge in [-0.1, -0.05) is 0 Å². The van der Waals surface area contributed by atoms with Crippen LogP contribution in [0.5, 0.6) is 0 Å². The third-order valence-electron chi connectivity index (χ3n) is 3.66. The van der Waals surface area contributed by atoms with E-state index in [1.54, 1.807) is 25.3 Å². The number of amides is 1. The lowest BCUT2D eigenvalue weighted by atomic mass is 9.98. The van der Waals surface area contributed by atoms with Gasteiger partial charge in [0.05, 0.1) is 5.92 Å². The fraction of sp³-hybridized carbons (Fsp3) is 0.615. The third-order valence-corrected chi connectivity index (χ3v) is 3.66. The monoisotopic (exact) mass is 246 g/mol. The van der Waals surface area contributed by atoms with Gasteiger partial charge >= 0.3 is 0 Å². The van der Waals surface area contributed by atoms with Gasteiger partial charge in [-0.2, -0.15) is 0 Å². The summed E-state index contributed by atoms with van der Waals surface area (Å²) < 4.78 is 0. The molecule has 2 heterocycles. The molecule has 0 atom stereocenters. The van der Waals surface area contributed by atoms with E-state index >= 15 is 0 Å². The zero-order valence-electron chi connectivity index (χ0n) is 10.8. The molecule has 1 amide bonds. The molecule has 2 aliphatic rings. The van der Waals surface area contributed by atoms with Gasteiger partial charge in [0.25, 0.3) is 0 Å². The maximum absolute atomic E-state index is 11.8. The van der Waals surface area contributed by atoms with Crippen LogP contribution in [0.4, 0.5) is 5.82 Å². The average Bonchev–Trinajstić information content (AvgIpc) is 3.11. The molecule has 18 heavy (non-hydrogen) atoms. The predicted molar refractivity (Wildman–Crippen MR) is 68.4 cm³/mol. The van der Waals surface area contributed by atoms with Gasteiger partial charge in [0.1, 0.15) is 12.1 Å². The first-order valence-electron chi connectivity index (χ1n) is 6.43. The summed E-state index contributed by atoms with van der Waals surface area (Å²) in [4.78, 5) is 24.2. The second-order valence-corrected chi connectivity index (χ2v) is 5.41. The van der Waals surface area contributed by atoms with E-state index in [-0.39, 0.29) is 11.8 Å². The smallest absolute Gasteiger partial charge is 0.228 e. The molecule has 1 aliphatic heterocycles. The highest BCUT2D eigenvalue weighted by molar-refractivity contribution is 5.81. The maximum atomic E-state index is 11.8. The Morgan fingerprint density at radius 3 is 2.67 bits per heavy atom. The van der Waals surface area contributed by atoms with Crippen LogP contribution in [0.3, 0.4) is 0 Å². The third kappa shape index (κ3) is 2.05. The van der Waals surface area contributed by atoms with Crippen molar-refractivity contribution in [3.05, 3.63) is 18.1 Å². The summed E-state index contributed by atoms with van der Waals surface area (Å²) in [5.74, 6) is 1.95. The zero-order chi connectivity index (χ0) is 12.7. The van der Waals surface area contributed by atoms with E-state index in [2.05, 4.69) is 20.9 Å². The van der Waals surface area contributed by atoms with E-state index in [0.717, 1.165) is 24.6 Å². The molecule has 2 fully saturated rings. The van der Waals surface area contributed by atoms with Gasteiger partial charge in [-0.3, -0.25) is 4.79 Å². The molecule has 5 heteroatoms. The van der Waals surface area contributed by atoms with Crippen molar-refractivity contribution in [1.29, 1.82) is 0 Å². The molecule has 0 unspecified atom stereocenters. The molecule has 0 N–H and O–H groups in total. The molecule has 0 spiro atoms. The van der Waals surface area contributed by atoms with E-state index in [4.69, 9.17) is 0 Å². The molecule has 1 saturated heterocycles. The van der Waals surface area contributed by atoms with Crippen molar-refractivity contribution in [3.63, 3.8) is 0 Å². The van der Waals surface area contributed by atoms with Crippen molar-refractivity contribution in [3.8, 4) is 0 Å². The van der Waals surface area contributed by atoms with Crippen molar-refractivity contribution in [1.82, 2.24) is 14.9 Å². The summed E-state index contributed by atoms with van der Waals surface area (Å²) in [6, 6.07) is 2.08. The molecule has 1 saturated carbocycles. The molecule has 1 aromatic rings. The van der Waals surface area contributed by atoms with Crippen molar-refractivity contribution in [2.24, 2.45) is 5.92 Å². The minimum atomic E-state index is 0.124. The number of carbonyl (C=O) groups is 1. The first-order valence-corrected chi connectivity index (χ1v) is 6.43. The largest absolute Gasteiger partial charge is 0.355 e. The van der Waals surface area contributed by atoms with E-state index in [0.29, 0.717) is 5.92 Å². The topological polar surface area (TPSA) is 49.3 Å². The first-order chi connectivity index (χ1) is 8.65. The van der Waals surface area contributed by atoms with Crippen molar-refractivity contribution < 1.29 is 4.79 Å². The Labute approximate surface area is 107 Å². The van der Waals surface area contributed by atoms with E-state index in [9.17, 15) is 4.79 Å². The van der Waals surface area contributed by atoms with Crippen LogP contribution >= 0.6 is 0 Å². The highest BCUT2D eigenvalue weighted by Crippen LogP contribution is 2.39. The zero-order valence-corrected chi connectivity index (χ0v) is 10.8. The average molecular weight is 246 g/mol. The summed E-state index contributed by atoms with van der Waals surface area (Å²) in [7, 11) is 3.61. The van der Waals surface area contributed by atoms with Gasteiger partial charge in [-0.25, -0.2) is 9.97 Å². The number of anilines is 1. The highest BCUT2D eigenvalue weighted by atomic mass is 16.2. The SMILES string of the molecule is CN(C)C(=O)C1CN(c2cc(C3CC3)ncn2)C1. The van der Waals surface area contributed by atoms with Crippen molar-refractivity contribution in [2.45, 2.75) is 18.8 Å². The normalized spacial score (nSPS) is 19.6. The van der Waals surface area contributed by atoms with Crippen LogP contribution in [0.15, 0.2) is 12.4 Å². The first kappa shape index (κ1) is 11.4. The van der Waals surface area contributed by atoms with Crippen LogP contribution in [-0.4, -0.2) is 48.0 Å². The van der Waals surface area contributed by atoms with Gasteiger partial charge in [-0.05, 0) is 12.8 Å². The van der Waals surface area contributed by atoms with Gasteiger partial charge in [-0.15, -0.1) is 0 Å². The predicted octanol–water partition coefficient (Wildman–Crippen LogP) is 0.878. The minimum absolute atomic E-state index is 0.124. The molecule has 96 valence electrons. The number of hydrogen-bond donors (Lipinski definition) is 0. The lowest BCUT2D eigenvalue weighted by molar-refractivity contribution is -0.133. The quantitative estimate of drug-likeness (QED) is 0.794. The van der Waals surface area contributed by atoms with Crippen molar-refractivity contribution >= 4 is 11.7 Å². The standard InChI is InChI=1S/C13H18N4O/c1-16(2)13(18)10-6-17(7-10)12-5-11(9-3-4-9)14-8-15-12/h5,8-10H,3-4,6-7H2,1-2H3. The highest BCUT2D eigenvalue weighted by Gasteiger charge is 2.35. The van der Waals surface area contributed by atoms with E-state index < -0.39 is 0 Å². The maximum Gasteiger partial charge on any atom is 0.228 e. The Hall–Kier alpha value is -1.65. The molecular weight excluding hydrogens is 228 g/mol. The summed E-state index contributed by atoms with van der Waals surface area (Å²) in [5, 5.41) is 0. The summed E-state index contributed by atoms with van der Waals surface area (Å²) in [6.45, 7) is 1.55. The second kappa shape index (κ2) is 4.23. The fourth-order valence-corrected chi connectivity index (χ4v) is 2.32. The van der Waals surface area contributed by atoms with Crippen LogP contribution in [0.1, 0.15) is 24.5 Å². The van der Waals surface area contributed by atoms with E-state index in [1.807, 2.05) is 0 Å². The Morgan fingerprint density at radius 1 is 1.33 bits per heavy atom. The number of nitrogens with zero attached hydrogens (tertiary/aromatic N) is 4. The molecule has 5 nitrogen and oxygen atoms in total. The lowest BCUT2D eigenvalue weighted by Gasteiger charge is -2.40. The van der Waals surface area contributed by atoms with Crippen LogP contribution in [0, 0.1) is 5.92 Å². The van der Waals surface area contributed by atoms with Crippen LogP contribution < -0.4 is 4.90 Å². The summed E-state index contributed by atoms with van der Waals surface area (Å²) >= 11 is 0. The number of rotatable bonds is 3. The van der Waals surface area contributed by atoms with Gasteiger partial charge in [0.2, 0.25) is 5.91 Å². The Morgan fingerprint density at radius 2 is 2.06 bits per heavy atom. The molecule has 0 aromatic carbocycles. The Bertz CT molecular complexity index is 464. The van der Waals surface area contributed by atoms with Crippen LogP contribution in [0.2, 0.25) is 0 Å². The molecule has 1 aliphatic carbocycles. The molecular formula is C13H18N4O. The number of hydrogen-bond acceptors (Lipinski definition) is 4. The Kier molecular flexibility index (Phi) is 2.69.